The molecule has 1 N–H and O–H groups in total. The molecule has 0 fully saturated rings. The van der Waals surface area contributed by atoms with Crippen molar-refractivity contribution in [3.05, 3.63) is 65.7 Å². The van der Waals surface area contributed by atoms with E-state index in [1.807, 2.05) is 20.0 Å². The fourth-order valence-corrected chi connectivity index (χ4v) is 2.52. The summed E-state index contributed by atoms with van der Waals surface area (Å²) in [6.45, 7) is 6.10. The molecule has 0 saturated carbocycles. The van der Waals surface area contributed by atoms with Crippen LogP contribution in [0.3, 0.4) is 0 Å². The second-order valence-electron chi connectivity index (χ2n) is 6.08. The molecular formula is C18H20N4O. The summed E-state index contributed by atoms with van der Waals surface area (Å²) in [5.41, 5.74) is 2.22. The SMILES string of the molecule is CCc1ccc(C(C)(C)NC(=O)c2cn3cccnc3n2)cc1. The Labute approximate surface area is 135 Å². The van der Waals surface area contributed by atoms with Gasteiger partial charge in [0.25, 0.3) is 5.91 Å². The van der Waals surface area contributed by atoms with Crippen LogP contribution < -0.4 is 5.32 Å². The number of aromatic nitrogens is 3. The third-order valence-corrected chi connectivity index (χ3v) is 3.98. The molecule has 23 heavy (non-hydrogen) atoms. The predicted octanol–water partition coefficient (Wildman–Crippen LogP) is 2.96. The van der Waals surface area contributed by atoms with E-state index in [0.29, 0.717) is 11.5 Å². The van der Waals surface area contributed by atoms with Gasteiger partial charge >= 0.3 is 0 Å². The van der Waals surface area contributed by atoms with Crippen LogP contribution in [0.15, 0.2) is 48.9 Å². The summed E-state index contributed by atoms with van der Waals surface area (Å²) in [4.78, 5) is 20.9. The fourth-order valence-electron chi connectivity index (χ4n) is 2.52. The number of carbonyl (C=O) groups excluding carboxylic acids is 1. The number of amides is 1. The highest BCUT2D eigenvalue weighted by Gasteiger charge is 2.24. The highest BCUT2D eigenvalue weighted by molar-refractivity contribution is 5.93. The van der Waals surface area contributed by atoms with Gasteiger partial charge in [-0.3, -0.25) is 9.20 Å². The zero-order valence-corrected chi connectivity index (χ0v) is 13.6. The Morgan fingerprint density at radius 3 is 2.65 bits per heavy atom. The van der Waals surface area contributed by atoms with Crippen molar-refractivity contribution >= 4 is 11.7 Å². The maximum Gasteiger partial charge on any atom is 0.272 e. The molecule has 3 rings (SSSR count). The van der Waals surface area contributed by atoms with Crippen molar-refractivity contribution in [2.75, 3.05) is 0 Å². The number of aryl methyl sites for hydroxylation is 1. The van der Waals surface area contributed by atoms with Gasteiger partial charge in [-0.15, -0.1) is 0 Å². The molecule has 0 unspecified atom stereocenters. The molecule has 1 aromatic carbocycles. The van der Waals surface area contributed by atoms with Gasteiger partial charge < -0.3 is 5.32 Å². The van der Waals surface area contributed by atoms with Crippen molar-refractivity contribution in [1.82, 2.24) is 19.7 Å². The molecule has 0 aliphatic heterocycles. The van der Waals surface area contributed by atoms with Crippen molar-refractivity contribution in [2.24, 2.45) is 0 Å². The van der Waals surface area contributed by atoms with Gasteiger partial charge in [-0.25, -0.2) is 9.97 Å². The summed E-state index contributed by atoms with van der Waals surface area (Å²) in [6.07, 6.45) is 6.17. The first kappa shape index (κ1) is 15.2. The van der Waals surface area contributed by atoms with Gasteiger partial charge in [0.05, 0.1) is 5.54 Å². The highest BCUT2D eigenvalue weighted by Crippen LogP contribution is 2.21. The molecule has 0 spiro atoms. The third kappa shape index (κ3) is 3.08. The average molecular weight is 308 g/mol. The van der Waals surface area contributed by atoms with E-state index < -0.39 is 5.54 Å². The Morgan fingerprint density at radius 2 is 2.00 bits per heavy atom. The number of nitrogens with one attached hydrogen (secondary N) is 1. The largest absolute Gasteiger partial charge is 0.342 e. The molecule has 0 aliphatic carbocycles. The monoisotopic (exact) mass is 308 g/mol. The first-order valence-electron chi connectivity index (χ1n) is 7.71. The normalized spacial score (nSPS) is 11.6. The Morgan fingerprint density at radius 1 is 1.26 bits per heavy atom. The van der Waals surface area contributed by atoms with Crippen molar-refractivity contribution in [2.45, 2.75) is 32.7 Å². The lowest BCUT2D eigenvalue weighted by molar-refractivity contribution is 0.0907. The van der Waals surface area contributed by atoms with Crippen molar-refractivity contribution in [3.63, 3.8) is 0 Å². The lowest BCUT2D eigenvalue weighted by atomic mass is 9.93. The number of imidazole rings is 1. The maximum absolute atomic E-state index is 12.5. The number of carbonyl (C=O) groups is 1. The molecule has 118 valence electrons. The maximum atomic E-state index is 12.5. The summed E-state index contributed by atoms with van der Waals surface area (Å²) < 4.78 is 1.73. The molecule has 5 heteroatoms. The third-order valence-electron chi connectivity index (χ3n) is 3.98. The van der Waals surface area contributed by atoms with Crippen LogP contribution in [0.1, 0.15) is 42.4 Å². The van der Waals surface area contributed by atoms with Crippen LogP contribution >= 0.6 is 0 Å². The minimum atomic E-state index is -0.480. The van der Waals surface area contributed by atoms with Gasteiger partial charge in [-0.05, 0) is 37.5 Å². The number of hydrogen-bond donors (Lipinski definition) is 1. The predicted molar refractivity (Wildman–Crippen MR) is 89.3 cm³/mol. The molecule has 5 nitrogen and oxygen atoms in total. The summed E-state index contributed by atoms with van der Waals surface area (Å²) >= 11 is 0. The van der Waals surface area contributed by atoms with Crippen LogP contribution in [0.5, 0.6) is 0 Å². The number of rotatable bonds is 4. The average Bonchev–Trinajstić information content (AvgIpc) is 2.99. The standard InChI is InChI=1S/C18H20N4O/c1-4-13-6-8-14(9-7-13)18(2,3)21-16(23)15-12-22-11-5-10-19-17(22)20-15/h5-12H,4H2,1-3H3,(H,21,23). The quantitative estimate of drug-likeness (QED) is 0.806. The molecule has 2 aromatic heterocycles. The molecule has 1 amide bonds. The Balaban J connectivity index is 1.82. The van der Waals surface area contributed by atoms with Crippen LogP contribution in [0.2, 0.25) is 0 Å². The van der Waals surface area contributed by atoms with Gasteiger partial charge in [-0.1, -0.05) is 31.2 Å². The van der Waals surface area contributed by atoms with Gasteiger partial charge in [0, 0.05) is 18.6 Å². The molecule has 0 aliphatic rings. The fraction of sp³-hybridized carbons (Fsp3) is 0.278. The van der Waals surface area contributed by atoms with Crippen LogP contribution in [-0.2, 0) is 12.0 Å². The zero-order chi connectivity index (χ0) is 16.4. The molecule has 2 heterocycles. The minimum Gasteiger partial charge on any atom is -0.342 e. The lowest BCUT2D eigenvalue weighted by Gasteiger charge is -2.26. The van der Waals surface area contributed by atoms with Crippen molar-refractivity contribution < 1.29 is 4.79 Å². The smallest absolute Gasteiger partial charge is 0.272 e. The number of nitrogens with zero attached hydrogens (tertiary/aromatic N) is 3. The molecule has 0 bridgehead atoms. The Bertz CT molecular complexity index is 801. The van der Waals surface area contributed by atoms with E-state index in [1.54, 1.807) is 22.9 Å². The number of fused-ring (bicyclic) bond motifs is 1. The lowest BCUT2D eigenvalue weighted by Crippen LogP contribution is -2.41. The van der Waals surface area contributed by atoms with E-state index in [1.165, 1.54) is 5.56 Å². The van der Waals surface area contributed by atoms with E-state index in [0.717, 1.165) is 12.0 Å². The van der Waals surface area contributed by atoms with E-state index in [2.05, 4.69) is 46.5 Å². The summed E-state index contributed by atoms with van der Waals surface area (Å²) in [6, 6.07) is 10.1. The molecular weight excluding hydrogens is 288 g/mol. The van der Waals surface area contributed by atoms with Crippen LogP contribution in [-0.4, -0.2) is 20.3 Å². The van der Waals surface area contributed by atoms with E-state index in [9.17, 15) is 4.79 Å². The Hall–Kier alpha value is -2.69. The van der Waals surface area contributed by atoms with Crippen molar-refractivity contribution in [3.8, 4) is 0 Å². The zero-order valence-electron chi connectivity index (χ0n) is 13.6. The first-order valence-corrected chi connectivity index (χ1v) is 7.71. The van der Waals surface area contributed by atoms with Gasteiger partial charge in [0.2, 0.25) is 5.78 Å². The number of benzene rings is 1. The van der Waals surface area contributed by atoms with E-state index in [4.69, 9.17) is 0 Å². The molecule has 0 radical (unpaired) electrons. The topological polar surface area (TPSA) is 59.3 Å². The summed E-state index contributed by atoms with van der Waals surface area (Å²) in [5.74, 6) is 0.308. The van der Waals surface area contributed by atoms with E-state index in [-0.39, 0.29) is 5.91 Å². The van der Waals surface area contributed by atoms with Gasteiger partial charge in [0.1, 0.15) is 5.69 Å². The van der Waals surface area contributed by atoms with Crippen LogP contribution in [0.25, 0.3) is 5.78 Å². The minimum absolute atomic E-state index is 0.208. The number of hydrogen-bond acceptors (Lipinski definition) is 3. The Kier molecular flexibility index (Phi) is 3.86. The van der Waals surface area contributed by atoms with Gasteiger partial charge in [-0.2, -0.15) is 0 Å². The first-order chi connectivity index (χ1) is 11.0. The van der Waals surface area contributed by atoms with Crippen molar-refractivity contribution in [1.29, 1.82) is 0 Å². The van der Waals surface area contributed by atoms with Gasteiger partial charge in [0.15, 0.2) is 0 Å². The van der Waals surface area contributed by atoms with Crippen LogP contribution in [0, 0.1) is 0 Å². The molecule has 0 saturated heterocycles. The second-order valence-corrected chi connectivity index (χ2v) is 6.08. The second kappa shape index (κ2) is 5.83. The van der Waals surface area contributed by atoms with E-state index >= 15 is 0 Å². The highest BCUT2D eigenvalue weighted by atomic mass is 16.2. The molecule has 0 atom stereocenters. The summed E-state index contributed by atoms with van der Waals surface area (Å²) in [5, 5.41) is 3.04. The van der Waals surface area contributed by atoms with Crippen LogP contribution in [0.4, 0.5) is 0 Å². The summed E-state index contributed by atoms with van der Waals surface area (Å²) in [7, 11) is 0. The molecule has 3 aromatic rings.